The first-order valence-corrected chi connectivity index (χ1v) is 6.66. The van der Waals surface area contributed by atoms with Gasteiger partial charge in [-0.3, -0.25) is 4.79 Å². The second kappa shape index (κ2) is 5.79. The second-order valence-electron chi connectivity index (χ2n) is 4.50. The van der Waals surface area contributed by atoms with Crippen LogP contribution >= 0.6 is 11.6 Å². The minimum Gasteiger partial charge on any atom is -0.366 e. The Morgan fingerprint density at radius 1 is 1.48 bits per heavy atom. The van der Waals surface area contributed by atoms with Gasteiger partial charge in [-0.2, -0.15) is 4.98 Å². The number of benzene rings is 1. The molecule has 0 N–H and O–H groups in total. The van der Waals surface area contributed by atoms with Crippen LogP contribution in [0.2, 0.25) is 5.02 Å². The normalized spacial score (nSPS) is 18.8. The third-order valence-electron chi connectivity index (χ3n) is 3.20. The summed E-state index contributed by atoms with van der Waals surface area (Å²) in [5.74, 6) is -0.767. The van der Waals surface area contributed by atoms with Crippen LogP contribution in [0.1, 0.15) is 22.3 Å². The van der Waals surface area contributed by atoms with Crippen molar-refractivity contribution in [2.45, 2.75) is 6.10 Å². The Kier molecular flexibility index (Phi) is 3.85. The first-order valence-electron chi connectivity index (χ1n) is 6.28. The molecule has 21 heavy (non-hydrogen) atoms. The zero-order valence-corrected chi connectivity index (χ0v) is 11.6. The molecule has 1 atom stereocenters. The molecule has 3 rings (SSSR count). The summed E-state index contributed by atoms with van der Waals surface area (Å²) in [6.07, 6.45) is 0.694. The summed E-state index contributed by atoms with van der Waals surface area (Å²) in [7, 11) is 0. The van der Waals surface area contributed by atoms with Crippen molar-refractivity contribution in [2.24, 2.45) is 0 Å². The van der Waals surface area contributed by atoms with Crippen LogP contribution in [0.4, 0.5) is 4.39 Å². The van der Waals surface area contributed by atoms with Crippen molar-refractivity contribution in [1.29, 1.82) is 0 Å². The molecule has 0 saturated carbocycles. The molecule has 0 radical (unpaired) electrons. The standard InChI is InChI=1S/C13H11ClFN3O3/c14-8-2-1-3-9(15)11(8)13(19)18-4-5-20-10(6-18)12-16-7-21-17-12/h1-3,7,10H,4-6H2/t10-/m1/s1. The van der Waals surface area contributed by atoms with Crippen LogP contribution < -0.4 is 0 Å². The van der Waals surface area contributed by atoms with E-state index in [2.05, 4.69) is 14.7 Å². The molecule has 0 aliphatic carbocycles. The Bertz CT molecular complexity index is 630. The van der Waals surface area contributed by atoms with E-state index in [1.54, 1.807) is 0 Å². The predicted octanol–water partition coefficient (Wildman–Crippen LogP) is 2.08. The van der Waals surface area contributed by atoms with Gasteiger partial charge in [0, 0.05) is 6.54 Å². The lowest BCUT2D eigenvalue weighted by molar-refractivity contribution is -0.0277. The lowest BCUT2D eigenvalue weighted by Crippen LogP contribution is -2.42. The van der Waals surface area contributed by atoms with E-state index in [0.717, 1.165) is 0 Å². The molecule has 1 aliphatic rings. The fraction of sp³-hybridized carbons (Fsp3) is 0.308. The summed E-state index contributed by atoms with van der Waals surface area (Å²) in [4.78, 5) is 17.8. The van der Waals surface area contributed by atoms with E-state index in [0.29, 0.717) is 19.0 Å². The third-order valence-corrected chi connectivity index (χ3v) is 3.51. The van der Waals surface area contributed by atoms with Gasteiger partial charge in [0.15, 0.2) is 0 Å². The van der Waals surface area contributed by atoms with Crippen molar-refractivity contribution >= 4 is 17.5 Å². The van der Waals surface area contributed by atoms with Crippen molar-refractivity contribution in [3.05, 3.63) is 46.8 Å². The summed E-state index contributed by atoms with van der Waals surface area (Å²) < 4.78 is 24.0. The zero-order chi connectivity index (χ0) is 14.8. The fourth-order valence-corrected chi connectivity index (χ4v) is 2.41. The van der Waals surface area contributed by atoms with Crippen LogP contribution in [0.3, 0.4) is 0 Å². The number of nitrogens with zero attached hydrogens (tertiary/aromatic N) is 3. The molecular weight excluding hydrogens is 301 g/mol. The Labute approximate surface area is 124 Å². The highest BCUT2D eigenvalue weighted by Crippen LogP contribution is 2.24. The monoisotopic (exact) mass is 311 g/mol. The lowest BCUT2D eigenvalue weighted by atomic mass is 10.1. The summed E-state index contributed by atoms with van der Waals surface area (Å²) in [6.45, 7) is 0.859. The van der Waals surface area contributed by atoms with Crippen molar-refractivity contribution in [2.75, 3.05) is 19.7 Å². The minimum atomic E-state index is -0.643. The maximum Gasteiger partial charge on any atom is 0.258 e. The van der Waals surface area contributed by atoms with E-state index in [1.165, 1.54) is 29.5 Å². The van der Waals surface area contributed by atoms with E-state index < -0.39 is 17.8 Å². The van der Waals surface area contributed by atoms with E-state index >= 15 is 0 Å². The van der Waals surface area contributed by atoms with Crippen molar-refractivity contribution < 1.29 is 18.4 Å². The summed E-state index contributed by atoms with van der Waals surface area (Å²) in [6, 6.07) is 4.14. The molecule has 1 aromatic heterocycles. The third kappa shape index (κ3) is 2.74. The molecule has 0 unspecified atom stereocenters. The number of carbonyl (C=O) groups excluding carboxylic acids is 1. The van der Waals surface area contributed by atoms with Crippen LogP contribution in [0.15, 0.2) is 29.1 Å². The average Bonchev–Trinajstić information content (AvgIpc) is 3.01. The van der Waals surface area contributed by atoms with E-state index in [1.807, 2.05) is 0 Å². The van der Waals surface area contributed by atoms with Gasteiger partial charge in [-0.25, -0.2) is 4.39 Å². The molecule has 1 amide bonds. The van der Waals surface area contributed by atoms with Gasteiger partial charge in [0.1, 0.15) is 11.9 Å². The number of carbonyl (C=O) groups is 1. The summed E-state index contributed by atoms with van der Waals surface area (Å²) >= 11 is 5.92. The van der Waals surface area contributed by atoms with Crippen LogP contribution in [-0.2, 0) is 4.74 Å². The van der Waals surface area contributed by atoms with Gasteiger partial charge >= 0.3 is 0 Å². The molecule has 1 aliphatic heterocycles. The molecule has 8 heteroatoms. The first-order chi connectivity index (χ1) is 10.2. The number of amides is 1. The minimum absolute atomic E-state index is 0.0857. The van der Waals surface area contributed by atoms with Gasteiger partial charge in [0.05, 0.1) is 23.7 Å². The van der Waals surface area contributed by atoms with Gasteiger partial charge in [-0.1, -0.05) is 22.8 Å². The van der Waals surface area contributed by atoms with Crippen LogP contribution in [0.5, 0.6) is 0 Å². The van der Waals surface area contributed by atoms with Crippen LogP contribution in [-0.4, -0.2) is 40.6 Å². The van der Waals surface area contributed by atoms with Crippen molar-refractivity contribution in [1.82, 2.24) is 15.0 Å². The van der Waals surface area contributed by atoms with Crippen molar-refractivity contribution in [3.8, 4) is 0 Å². The second-order valence-corrected chi connectivity index (χ2v) is 4.90. The molecule has 1 saturated heterocycles. The maximum atomic E-state index is 13.8. The first kappa shape index (κ1) is 14.0. The lowest BCUT2D eigenvalue weighted by Gasteiger charge is -2.31. The highest BCUT2D eigenvalue weighted by Gasteiger charge is 2.30. The van der Waals surface area contributed by atoms with Gasteiger partial charge in [-0.15, -0.1) is 0 Å². The molecule has 2 heterocycles. The van der Waals surface area contributed by atoms with Gasteiger partial charge in [0.2, 0.25) is 12.2 Å². The smallest absolute Gasteiger partial charge is 0.258 e. The maximum absolute atomic E-state index is 13.8. The molecule has 1 aromatic carbocycles. The summed E-state index contributed by atoms with van der Waals surface area (Å²) in [5, 5.41) is 3.78. The van der Waals surface area contributed by atoms with Crippen LogP contribution in [0.25, 0.3) is 0 Å². The number of ether oxygens (including phenoxy) is 1. The van der Waals surface area contributed by atoms with Gasteiger partial charge in [-0.05, 0) is 12.1 Å². The Morgan fingerprint density at radius 2 is 2.33 bits per heavy atom. The fourth-order valence-electron chi connectivity index (χ4n) is 2.17. The molecule has 6 nitrogen and oxygen atoms in total. The quantitative estimate of drug-likeness (QED) is 0.849. The number of aromatic nitrogens is 2. The molecule has 0 spiro atoms. The van der Waals surface area contributed by atoms with Gasteiger partial charge in [0.25, 0.3) is 5.91 Å². The highest BCUT2D eigenvalue weighted by atomic mass is 35.5. The van der Waals surface area contributed by atoms with E-state index in [-0.39, 0.29) is 17.1 Å². The Balaban J connectivity index is 1.82. The molecule has 0 bridgehead atoms. The Morgan fingerprint density at radius 3 is 3.05 bits per heavy atom. The van der Waals surface area contributed by atoms with Crippen molar-refractivity contribution in [3.63, 3.8) is 0 Å². The van der Waals surface area contributed by atoms with Crippen LogP contribution in [0, 0.1) is 5.82 Å². The number of hydrogen-bond acceptors (Lipinski definition) is 5. The average molecular weight is 312 g/mol. The largest absolute Gasteiger partial charge is 0.366 e. The number of morpholine rings is 1. The van der Waals surface area contributed by atoms with E-state index in [4.69, 9.17) is 16.3 Å². The van der Waals surface area contributed by atoms with Gasteiger partial charge < -0.3 is 14.2 Å². The number of halogens is 2. The highest BCUT2D eigenvalue weighted by molar-refractivity contribution is 6.33. The van der Waals surface area contributed by atoms with E-state index in [9.17, 15) is 9.18 Å². The molecular formula is C13H11ClFN3O3. The Hall–Kier alpha value is -1.99. The molecule has 1 fully saturated rings. The number of hydrogen-bond donors (Lipinski definition) is 0. The zero-order valence-electron chi connectivity index (χ0n) is 10.8. The predicted molar refractivity (Wildman–Crippen MR) is 70.3 cm³/mol. The summed E-state index contributed by atoms with van der Waals surface area (Å²) in [5.41, 5.74) is -0.132. The SMILES string of the molecule is O=C(c1c(F)cccc1Cl)N1CCO[C@@H](c2ncon2)C1. The number of rotatable bonds is 2. The topological polar surface area (TPSA) is 68.5 Å². The molecule has 110 valence electrons. The molecule has 2 aromatic rings.